The first-order valence-electron chi connectivity index (χ1n) is 5.84. The minimum Gasteiger partial charge on any atom is -0.324 e. The molecule has 0 aliphatic rings. The van der Waals surface area contributed by atoms with Crippen molar-refractivity contribution < 1.29 is 9.18 Å². The topological polar surface area (TPSA) is 41.1 Å². The van der Waals surface area contributed by atoms with Crippen molar-refractivity contribution in [1.82, 2.24) is 5.32 Å². The summed E-state index contributed by atoms with van der Waals surface area (Å²) in [5, 5.41) is 5.34. The van der Waals surface area contributed by atoms with E-state index in [4.69, 9.17) is 6.42 Å². The molecular weight excluding hydrogens is 311 g/mol. The van der Waals surface area contributed by atoms with Crippen LogP contribution in [0.15, 0.2) is 16.6 Å². The van der Waals surface area contributed by atoms with Gasteiger partial charge in [0.15, 0.2) is 0 Å². The lowest BCUT2D eigenvalue weighted by Crippen LogP contribution is -2.40. The Morgan fingerprint density at radius 1 is 1.47 bits per heavy atom. The van der Waals surface area contributed by atoms with Crippen LogP contribution in [-0.2, 0) is 0 Å². The van der Waals surface area contributed by atoms with Crippen LogP contribution in [-0.4, -0.2) is 12.1 Å². The summed E-state index contributed by atoms with van der Waals surface area (Å²) >= 11 is 3.08. The minimum atomic E-state index is -0.404. The fraction of sp³-hybridized carbons (Fsp3) is 0.357. The van der Waals surface area contributed by atoms with Crippen LogP contribution in [0.4, 0.5) is 14.9 Å². The summed E-state index contributed by atoms with van der Waals surface area (Å²) in [5.41, 5.74) is 1.17. The van der Waals surface area contributed by atoms with Gasteiger partial charge in [-0.3, -0.25) is 0 Å². The number of carbonyl (C=O) groups is 1. The van der Waals surface area contributed by atoms with Crippen LogP contribution >= 0.6 is 15.9 Å². The summed E-state index contributed by atoms with van der Waals surface area (Å²) < 4.78 is 13.6. The van der Waals surface area contributed by atoms with E-state index in [-0.39, 0.29) is 17.8 Å². The Bertz CT molecular complexity index is 523. The number of benzene rings is 1. The van der Waals surface area contributed by atoms with Gasteiger partial charge in [-0.15, -0.1) is 6.42 Å². The number of carbonyl (C=O) groups excluding carboxylic acids is 1. The molecule has 0 spiro atoms. The zero-order valence-electron chi connectivity index (χ0n) is 11.1. The van der Waals surface area contributed by atoms with E-state index in [1.165, 1.54) is 12.1 Å². The number of amides is 2. The van der Waals surface area contributed by atoms with Gasteiger partial charge in [0.1, 0.15) is 5.82 Å². The van der Waals surface area contributed by atoms with Crippen molar-refractivity contribution in [3.05, 3.63) is 28.0 Å². The van der Waals surface area contributed by atoms with Crippen molar-refractivity contribution >= 4 is 27.6 Å². The monoisotopic (exact) mass is 326 g/mol. The van der Waals surface area contributed by atoms with Crippen LogP contribution in [0, 0.1) is 31.0 Å². The predicted octanol–water partition coefficient (Wildman–Crippen LogP) is 3.68. The van der Waals surface area contributed by atoms with E-state index in [1.54, 1.807) is 6.92 Å². The van der Waals surface area contributed by atoms with Gasteiger partial charge in [-0.25, -0.2) is 9.18 Å². The minimum absolute atomic E-state index is 0.136. The Balaban J connectivity index is 2.78. The summed E-state index contributed by atoms with van der Waals surface area (Å²) in [5.74, 6) is 2.28. The van der Waals surface area contributed by atoms with Crippen molar-refractivity contribution in [2.75, 3.05) is 5.32 Å². The third kappa shape index (κ3) is 4.25. The average molecular weight is 327 g/mol. The van der Waals surface area contributed by atoms with E-state index in [1.807, 2.05) is 13.8 Å². The van der Waals surface area contributed by atoms with Gasteiger partial charge in [0.2, 0.25) is 0 Å². The number of hydrogen-bond donors (Lipinski definition) is 2. The van der Waals surface area contributed by atoms with Gasteiger partial charge in [-0.05, 0) is 46.5 Å². The van der Waals surface area contributed by atoms with E-state index in [2.05, 4.69) is 32.5 Å². The second-order valence-corrected chi connectivity index (χ2v) is 5.42. The smallest absolute Gasteiger partial charge is 0.320 e. The van der Waals surface area contributed by atoms with Crippen molar-refractivity contribution in [1.29, 1.82) is 0 Å². The van der Waals surface area contributed by atoms with Gasteiger partial charge in [0.25, 0.3) is 0 Å². The predicted molar refractivity (Wildman–Crippen MR) is 78.5 cm³/mol. The number of halogens is 2. The Morgan fingerprint density at radius 3 is 2.63 bits per heavy atom. The van der Waals surface area contributed by atoms with E-state index in [0.717, 1.165) is 0 Å². The van der Waals surface area contributed by atoms with Gasteiger partial charge in [-0.1, -0.05) is 19.8 Å². The molecule has 3 nitrogen and oxygen atoms in total. The van der Waals surface area contributed by atoms with Crippen LogP contribution in [0.25, 0.3) is 0 Å². The summed E-state index contributed by atoms with van der Waals surface area (Å²) in [6, 6.07) is 2.12. The normalized spacial score (nSPS) is 11.8. The first-order chi connectivity index (χ1) is 8.85. The maximum absolute atomic E-state index is 13.3. The first kappa shape index (κ1) is 15.5. The third-order valence-corrected chi connectivity index (χ3v) is 3.26. The standard InChI is InChI=1S/C14H16BrFN2O/c1-5-12(8(2)3)17-14(19)18-13-7-10(15)11(16)6-9(13)4/h1,6-8,12H,2-4H3,(H2,17,18,19)/t12-/m1/s1. The molecule has 102 valence electrons. The van der Waals surface area contributed by atoms with Gasteiger partial charge in [0, 0.05) is 5.69 Å². The molecule has 1 atom stereocenters. The molecule has 0 aliphatic carbocycles. The Labute approximate surface area is 121 Å². The Morgan fingerprint density at radius 2 is 2.11 bits per heavy atom. The quantitative estimate of drug-likeness (QED) is 0.817. The molecule has 0 aromatic heterocycles. The van der Waals surface area contributed by atoms with Crippen LogP contribution < -0.4 is 10.6 Å². The van der Waals surface area contributed by atoms with E-state index >= 15 is 0 Å². The van der Waals surface area contributed by atoms with Crippen molar-refractivity contribution in [2.45, 2.75) is 26.8 Å². The molecule has 2 N–H and O–H groups in total. The number of urea groups is 1. The maximum Gasteiger partial charge on any atom is 0.320 e. The molecular formula is C14H16BrFN2O. The summed E-state index contributed by atoms with van der Waals surface area (Å²) in [6.45, 7) is 5.56. The van der Waals surface area contributed by atoms with Crippen LogP contribution in [0.2, 0.25) is 0 Å². The summed E-state index contributed by atoms with van der Waals surface area (Å²) in [7, 11) is 0. The fourth-order valence-electron chi connectivity index (χ4n) is 1.48. The average Bonchev–Trinajstić information content (AvgIpc) is 2.32. The van der Waals surface area contributed by atoms with Gasteiger partial charge < -0.3 is 10.6 Å². The molecule has 0 unspecified atom stereocenters. The van der Waals surface area contributed by atoms with E-state index < -0.39 is 6.03 Å². The zero-order valence-corrected chi connectivity index (χ0v) is 12.6. The fourth-order valence-corrected chi connectivity index (χ4v) is 1.82. The lowest BCUT2D eigenvalue weighted by molar-refractivity contribution is 0.248. The molecule has 19 heavy (non-hydrogen) atoms. The van der Waals surface area contributed by atoms with Crippen molar-refractivity contribution in [2.24, 2.45) is 5.92 Å². The molecule has 1 aromatic carbocycles. The van der Waals surface area contributed by atoms with Crippen molar-refractivity contribution in [3.8, 4) is 12.3 Å². The largest absolute Gasteiger partial charge is 0.324 e. The molecule has 0 radical (unpaired) electrons. The molecule has 0 aliphatic heterocycles. The molecule has 0 saturated heterocycles. The second kappa shape index (κ2) is 6.58. The highest BCUT2D eigenvalue weighted by molar-refractivity contribution is 9.10. The maximum atomic E-state index is 13.3. The first-order valence-corrected chi connectivity index (χ1v) is 6.63. The molecule has 0 bridgehead atoms. The number of nitrogens with one attached hydrogen (secondary N) is 2. The molecule has 0 fully saturated rings. The SMILES string of the molecule is C#C[C@@H](NC(=O)Nc1cc(Br)c(F)cc1C)C(C)C. The van der Waals surface area contributed by atoms with E-state index in [9.17, 15) is 9.18 Å². The van der Waals surface area contributed by atoms with E-state index in [0.29, 0.717) is 15.7 Å². The molecule has 1 rings (SSSR count). The summed E-state index contributed by atoms with van der Waals surface area (Å²) in [6.07, 6.45) is 5.34. The number of aryl methyl sites for hydroxylation is 1. The Hall–Kier alpha value is -1.54. The zero-order chi connectivity index (χ0) is 14.6. The second-order valence-electron chi connectivity index (χ2n) is 4.57. The number of terminal acetylenes is 1. The molecule has 0 saturated carbocycles. The highest BCUT2D eigenvalue weighted by Crippen LogP contribution is 2.24. The van der Waals surface area contributed by atoms with Gasteiger partial charge in [0.05, 0.1) is 10.5 Å². The van der Waals surface area contributed by atoms with Gasteiger partial charge in [-0.2, -0.15) is 0 Å². The molecule has 0 heterocycles. The number of rotatable bonds is 3. The van der Waals surface area contributed by atoms with Crippen molar-refractivity contribution in [3.63, 3.8) is 0 Å². The van der Waals surface area contributed by atoms with Crippen LogP contribution in [0.5, 0.6) is 0 Å². The van der Waals surface area contributed by atoms with Gasteiger partial charge >= 0.3 is 6.03 Å². The van der Waals surface area contributed by atoms with Crippen LogP contribution in [0.3, 0.4) is 0 Å². The lowest BCUT2D eigenvalue weighted by Gasteiger charge is -2.17. The molecule has 2 amide bonds. The highest BCUT2D eigenvalue weighted by Gasteiger charge is 2.14. The third-order valence-electron chi connectivity index (χ3n) is 2.65. The number of hydrogen-bond acceptors (Lipinski definition) is 1. The summed E-state index contributed by atoms with van der Waals surface area (Å²) in [4.78, 5) is 11.8. The number of anilines is 1. The van der Waals surface area contributed by atoms with Crippen LogP contribution in [0.1, 0.15) is 19.4 Å². The lowest BCUT2D eigenvalue weighted by atomic mass is 10.1. The molecule has 5 heteroatoms. The highest BCUT2D eigenvalue weighted by atomic mass is 79.9. The Kier molecular flexibility index (Phi) is 5.37. The molecule has 1 aromatic rings.